The van der Waals surface area contributed by atoms with E-state index in [1.807, 2.05) is 30.0 Å². The standard InChI is InChI=1S/C27H24Cl2F2N4O2/c1-16(27-21(28)13-32-14-22(27)29)37-18-3-5-26-19(12-18)25(33-34-26)4-2-17-10-23(30)20(24(31)11-17)15-35-6-8-36-9-7-35/h2-5,10-14,16H,6-9,15H2,1H3,(H,33,34)/b4-2+. The molecule has 1 N–H and O–H groups in total. The summed E-state index contributed by atoms with van der Waals surface area (Å²) < 4.78 is 40.9. The van der Waals surface area contributed by atoms with Crippen molar-refractivity contribution in [3.8, 4) is 5.75 Å². The van der Waals surface area contributed by atoms with Gasteiger partial charge >= 0.3 is 0 Å². The van der Waals surface area contributed by atoms with Gasteiger partial charge in [0, 0.05) is 48.5 Å². The minimum atomic E-state index is -0.573. The molecule has 3 heterocycles. The van der Waals surface area contributed by atoms with Gasteiger partial charge in [-0.2, -0.15) is 5.10 Å². The molecular weight excluding hydrogens is 521 g/mol. The van der Waals surface area contributed by atoms with E-state index in [2.05, 4.69) is 15.2 Å². The normalized spacial score (nSPS) is 15.5. The minimum Gasteiger partial charge on any atom is -0.486 e. The number of pyridine rings is 1. The topological polar surface area (TPSA) is 63.3 Å². The van der Waals surface area contributed by atoms with Crippen LogP contribution in [0, 0.1) is 11.6 Å². The lowest BCUT2D eigenvalue weighted by molar-refractivity contribution is 0.0332. The number of fused-ring (bicyclic) bond motifs is 1. The Kier molecular flexibility index (Phi) is 7.71. The van der Waals surface area contributed by atoms with E-state index in [-0.39, 0.29) is 12.1 Å². The molecule has 1 aliphatic heterocycles. The van der Waals surface area contributed by atoms with Gasteiger partial charge in [-0.15, -0.1) is 0 Å². The smallest absolute Gasteiger partial charge is 0.131 e. The first kappa shape index (κ1) is 25.6. The average Bonchev–Trinajstić information content (AvgIpc) is 3.28. The maximum Gasteiger partial charge on any atom is 0.131 e. The average molecular weight is 545 g/mol. The molecule has 37 heavy (non-hydrogen) atoms. The zero-order chi connectivity index (χ0) is 25.9. The van der Waals surface area contributed by atoms with Crippen molar-refractivity contribution >= 4 is 46.3 Å². The fourth-order valence-electron chi connectivity index (χ4n) is 4.31. The number of H-pyrrole nitrogens is 1. The predicted molar refractivity (Wildman–Crippen MR) is 141 cm³/mol. The highest BCUT2D eigenvalue weighted by atomic mass is 35.5. The Hall–Kier alpha value is -3.04. The van der Waals surface area contributed by atoms with E-state index in [0.717, 1.165) is 10.9 Å². The third kappa shape index (κ3) is 5.78. The Morgan fingerprint density at radius 1 is 1.08 bits per heavy atom. The van der Waals surface area contributed by atoms with E-state index in [1.165, 1.54) is 24.5 Å². The fraction of sp³-hybridized carbons (Fsp3) is 0.259. The number of aromatic nitrogens is 3. The summed E-state index contributed by atoms with van der Waals surface area (Å²) in [6.07, 6.45) is 5.95. The van der Waals surface area contributed by atoms with Crippen LogP contribution < -0.4 is 4.74 Å². The molecular formula is C27H24Cl2F2N4O2. The summed E-state index contributed by atoms with van der Waals surface area (Å²) in [4.78, 5) is 5.95. The molecule has 0 spiro atoms. The van der Waals surface area contributed by atoms with Crippen LogP contribution in [0.5, 0.6) is 5.75 Å². The van der Waals surface area contributed by atoms with Crippen LogP contribution in [0.1, 0.15) is 35.4 Å². The van der Waals surface area contributed by atoms with Gasteiger partial charge in [0.1, 0.15) is 23.5 Å². The lowest BCUT2D eigenvalue weighted by atomic mass is 10.1. The summed E-state index contributed by atoms with van der Waals surface area (Å²) in [5.41, 5.74) is 2.51. The summed E-state index contributed by atoms with van der Waals surface area (Å²) in [6, 6.07) is 8.17. The first-order chi connectivity index (χ1) is 17.9. The zero-order valence-corrected chi connectivity index (χ0v) is 21.5. The van der Waals surface area contributed by atoms with E-state index in [0.29, 0.717) is 58.9 Å². The quantitative estimate of drug-likeness (QED) is 0.281. The van der Waals surface area contributed by atoms with Crippen LogP contribution >= 0.6 is 23.2 Å². The van der Waals surface area contributed by atoms with Crippen LogP contribution in [-0.4, -0.2) is 46.4 Å². The first-order valence-corrected chi connectivity index (χ1v) is 12.5. The van der Waals surface area contributed by atoms with Crippen molar-refractivity contribution in [1.29, 1.82) is 0 Å². The highest BCUT2D eigenvalue weighted by Gasteiger charge is 2.18. The Bertz CT molecular complexity index is 1410. The number of aromatic amines is 1. The molecule has 0 bridgehead atoms. The summed E-state index contributed by atoms with van der Waals surface area (Å²) in [5, 5.41) is 8.92. The molecule has 192 valence electrons. The monoisotopic (exact) mass is 544 g/mol. The largest absolute Gasteiger partial charge is 0.486 e. The second-order valence-electron chi connectivity index (χ2n) is 8.78. The first-order valence-electron chi connectivity index (χ1n) is 11.8. The molecule has 1 saturated heterocycles. The van der Waals surface area contributed by atoms with Crippen molar-refractivity contribution in [3.05, 3.63) is 86.8 Å². The lowest BCUT2D eigenvalue weighted by Crippen LogP contribution is -2.36. The second kappa shape index (κ2) is 11.1. The van der Waals surface area contributed by atoms with Crippen LogP contribution in [0.2, 0.25) is 10.0 Å². The summed E-state index contributed by atoms with van der Waals surface area (Å²) in [6.45, 7) is 4.50. The number of nitrogens with zero attached hydrogens (tertiary/aromatic N) is 3. The summed E-state index contributed by atoms with van der Waals surface area (Å²) in [7, 11) is 0. The van der Waals surface area contributed by atoms with Crippen LogP contribution in [0.3, 0.4) is 0 Å². The third-order valence-electron chi connectivity index (χ3n) is 6.26. The van der Waals surface area contributed by atoms with Gasteiger partial charge < -0.3 is 9.47 Å². The molecule has 1 atom stereocenters. The number of halogens is 4. The van der Waals surface area contributed by atoms with Crippen molar-refractivity contribution in [3.63, 3.8) is 0 Å². The molecule has 0 amide bonds. The lowest BCUT2D eigenvalue weighted by Gasteiger charge is -2.26. The second-order valence-corrected chi connectivity index (χ2v) is 9.59. The Labute approximate surface area is 222 Å². The van der Waals surface area contributed by atoms with Crippen molar-refractivity contribution in [2.45, 2.75) is 19.6 Å². The predicted octanol–water partition coefficient (Wildman–Crippen LogP) is 6.69. The van der Waals surface area contributed by atoms with Gasteiger partial charge in [-0.3, -0.25) is 15.0 Å². The van der Waals surface area contributed by atoms with Gasteiger partial charge in [0.15, 0.2) is 0 Å². The molecule has 0 radical (unpaired) electrons. The van der Waals surface area contributed by atoms with Crippen molar-refractivity contribution in [1.82, 2.24) is 20.1 Å². The third-order valence-corrected chi connectivity index (χ3v) is 6.86. The van der Waals surface area contributed by atoms with Gasteiger partial charge in [-0.05, 0) is 48.9 Å². The number of hydrogen-bond acceptors (Lipinski definition) is 5. The molecule has 10 heteroatoms. The van der Waals surface area contributed by atoms with E-state index in [9.17, 15) is 8.78 Å². The van der Waals surface area contributed by atoms with Gasteiger partial charge in [0.2, 0.25) is 0 Å². The van der Waals surface area contributed by atoms with Crippen molar-refractivity contribution < 1.29 is 18.3 Å². The van der Waals surface area contributed by atoms with Crippen molar-refractivity contribution in [2.75, 3.05) is 26.3 Å². The highest BCUT2D eigenvalue weighted by Crippen LogP contribution is 2.33. The van der Waals surface area contributed by atoms with Crippen molar-refractivity contribution in [2.24, 2.45) is 0 Å². The van der Waals surface area contributed by atoms with Gasteiger partial charge in [-0.25, -0.2) is 8.78 Å². The van der Waals surface area contributed by atoms with E-state index >= 15 is 0 Å². The molecule has 0 saturated carbocycles. The Morgan fingerprint density at radius 3 is 2.49 bits per heavy atom. The maximum atomic E-state index is 14.8. The molecule has 6 nitrogen and oxygen atoms in total. The molecule has 2 aromatic heterocycles. The van der Waals surface area contributed by atoms with Gasteiger partial charge in [0.25, 0.3) is 0 Å². The van der Waals surface area contributed by atoms with Gasteiger partial charge in [-0.1, -0.05) is 29.3 Å². The zero-order valence-electron chi connectivity index (χ0n) is 20.0. The van der Waals surface area contributed by atoms with Crippen LogP contribution in [-0.2, 0) is 11.3 Å². The van der Waals surface area contributed by atoms with Crippen LogP contribution in [0.15, 0.2) is 42.7 Å². The molecule has 4 aromatic rings. The van der Waals surface area contributed by atoms with Crippen LogP contribution in [0.4, 0.5) is 8.78 Å². The molecule has 5 rings (SSSR count). The number of hydrogen-bond donors (Lipinski definition) is 1. The summed E-state index contributed by atoms with van der Waals surface area (Å²) >= 11 is 12.5. The van der Waals surface area contributed by atoms with E-state index in [4.69, 9.17) is 32.7 Å². The molecule has 0 aliphatic carbocycles. The van der Waals surface area contributed by atoms with E-state index < -0.39 is 17.7 Å². The maximum absolute atomic E-state index is 14.8. The Balaban J connectivity index is 1.35. The SMILES string of the molecule is CC(Oc1ccc2[nH]nc(/C=C/c3cc(F)c(CN4CCOCC4)c(F)c3)c2c1)c1c(Cl)cncc1Cl. The summed E-state index contributed by atoms with van der Waals surface area (Å²) in [5.74, 6) is -0.558. The van der Waals surface area contributed by atoms with Crippen LogP contribution in [0.25, 0.3) is 23.1 Å². The van der Waals surface area contributed by atoms with E-state index in [1.54, 1.807) is 12.2 Å². The number of rotatable bonds is 7. The number of ether oxygens (including phenoxy) is 2. The molecule has 2 aromatic carbocycles. The minimum absolute atomic E-state index is 0.0644. The molecule has 1 fully saturated rings. The number of morpholine rings is 1. The van der Waals surface area contributed by atoms with Gasteiger partial charge in [0.05, 0.1) is 34.5 Å². The highest BCUT2D eigenvalue weighted by molar-refractivity contribution is 6.35. The number of benzene rings is 2. The fourth-order valence-corrected chi connectivity index (χ4v) is 4.99. The Morgan fingerprint density at radius 2 is 1.78 bits per heavy atom. The molecule has 1 aliphatic rings. The number of nitrogens with one attached hydrogen (secondary N) is 1. The molecule has 1 unspecified atom stereocenters.